The first-order valence-corrected chi connectivity index (χ1v) is 5.66. The third kappa shape index (κ3) is 2.66. The molecule has 0 radical (unpaired) electrons. The van der Waals surface area contributed by atoms with Crippen LogP contribution in [0, 0.1) is 0 Å². The van der Waals surface area contributed by atoms with Crippen LogP contribution >= 0.6 is 11.6 Å². The SMILES string of the molecule is NC(=O)C(c1ccccc1)c1ccc(Cl)cc1. The molecule has 86 valence electrons. The Hall–Kier alpha value is -1.80. The molecule has 2 rings (SSSR count). The van der Waals surface area contributed by atoms with Gasteiger partial charge in [0.1, 0.15) is 0 Å². The summed E-state index contributed by atoms with van der Waals surface area (Å²) in [7, 11) is 0. The Balaban J connectivity index is 2.43. The zero-order chi connectivity index (χ0) is 12.3. The van der Waals surface area contributed by atoms with Gasteiger partial charge in [0.05, 0.1) is 5.92 Å². The molecule has 0 bridgehead atoms. The van der Waals surface area contributed by atoms with E-state index in [0.717, 1.165) is 11.1 Å². The molecule has 0 saturated heterocycles. The molecule has 0 aromatic heterocycles. The first-order valence-electron chi connectivity index (χ1n) is 5.28. The van der Waals surface area contributed by atoms with Crippen molar-refractivity contribution in [3.05, 3.63) is 70.7 Å². The molecular formula is C14H12ClNO. The first-order chi connectivity index (χ1) is 8.18. The number of hydrogen-bond donors (Lipinski definition) is 1. The maximum Gasteiger partial charge on any atom is 0.229 e. The second-order valence-electron chi connectivity index (χ2n) is 3.80. The van der Waals surface area contributed by atoms with Gasteiger partial charge in [-0.25, -0.2) is 0 Å². The summed E-state index contributed by atoms with van der Waals surface area (Å²) in [5.41, 5.74) is 7.21. The molecule has 0 aliphatic rings. The van der Waals surface area contributed by atoms with Crippen molar-refractivity contribution in [2.24, 2.45) is 5.73 Å². The molecule has 2 N–H and O–H groups in total. The van der Waals surface area contributed by atoms with Gasteiger partial charge in [-0.2, -0.15) is 0 Å². The lowest BCUT2D eigenvalue weighted by Crippen LogP contribution is -2.22. The normalized spacial score (nSPS) is 12.1. The second kappa shape index (κ2) is 5.02. The van der Waals surface area contributed by atoms with Gasteiger partial charge in [0.15, 0.2) is 0 Å². The van der Waals surface area contributed by atoms with E-state index < -0.39 is 5.92 Å². The van der Waals surface area contributed by atoms with Crippen LogP contribution in [0.15, 0.2) is 54.6 Å². The summed E-state index contributed by atoms with van der Waals surface area (Å²) >= 11 is 5.83. The highest BCUT2D eigenvalue weighted by atomic mass is 35.5. The van der Waals surface area contributed by atoms with E-state index in [9.17, 15) is 4.79 Å². The first kappa shape index (κ1) is 11.7. The summed E-state index contributed by atoms with van der Waals surface area (Å²) in [6.07, 6.45) is 0. The number of nitrogens with two attached hydrogens (primary N) is 1. The summed E-state index contributed by atoms with van der Waals surface area (Å²) in [6.45, 7) is 0. The molecule has 2 aromatic rings. The van der Waals surface area contributed by atoms with Gasteiger partial charge in [0.25, 0.3) is 0 Å². The van der Waals surface area contributed by atoms with Gasteiger partial charge in [-0.1, -0.05) is 54.1 Å². The fourth-order valence-corrected chi connectivity index (χ4v) is 1.95. The van der Waals surface area contributed by atoms with Gasteiger partial charge >= 0.3 is 0 Å². The number of primary amides is 1. The minimum Gasteiger partial charge on any atom is -0.369 e. The van der Waals surface area contributed by atoms with E-state index in [0.29, 0.717) is 5.02 Å². The third-order valence-corrected chi connectivity index (χ3v) is 2.87. The Morgan fingerprint density at radius 3 is 2.00 bits per heavy atom. The molecule has 1 amide bonds. The number of amides is 1. The monoisotopic (exact) mass is 245 g/mol. The van der Waals surface area contributed by atoms with Crippen molar-refractivity contribution in [1.82, 2.24) is 0 Å². The van der Waals surface area contributed by atoms with E-state index in [4.69, 9.17) is 17.3 Å². The van der Waals surface area contributed by atoms with Crippen LogP contribution in [0.25, 0.3) is 0 Å². The quantitative estimate of drug-likeness (QED) is 0.888. The molecule has 3 heteroatoms. The van der Waals surface area contributed by atoms with Crippen LogP contribution < -0.4 is 5.73 Å². The average molecular weight is 246 g/mol. The van der Waals surface area contributed by atoms with Gasteiger partial charge in [0.2, 0.25) is 5.91 Å². The molecule has 2 nitrogen and oxygen atoms in total. The van der Waals surface area contributed by atoms with Crippen LogP contribution in [0.3, 0.4) is 0 Å². The Labute approximate surface area is 105 Å². The Morgan fingerprint density at radius 1 is 0.941 bits per heavy atom. The number of benzene rings is 2. The Bertz CT molecular complexity index is 508. The van der Waals surface area contributed by atoms with Crippen molar-refractivity contribution in [2.45, 2.75) is 5.92 Å². The Morgan fingerprint density at radius 2 is 1.47 bits per heavy atom. The van der Waals surface area contributed by atoms with Crippen LogP contribution in [-0.2, 0) is 4.79 Å². The smallest absolute Gasteiger partial charge is 0.229 e. The van der Waals surface area contributed by atoms with Crippen molar-refractivity contribution in [2.75, 3.05) is 0 Å². The van der Waals surface area contributed by atoms with Gasteiger partial charge in [0, 0.05) is 5.02 Å². The van der Waals surface area contributed by atoms with E-state index >= 15 is 0 Å². The highest BCUT2D eigenvalue weighted by Gasteiger charge is 2.19. The summed E-state index contributed by atoms with van der Waals surface area (Å²) in [5, 5.41) is 0.644. The zero-order valence-corrected chi connectivity index (χ0v) is 9.89. The van der Waals surface area contributed by atoms with Crippen molar-refractivity contribution >= 4 is 17.5 Å². The number of hydrogen-bond acceptors (Lipinski definition) is 1. The molecule has 0 heterocycles. The Kier molecular flexibility index (Phi) is 3.45. The van der Waals surface area contributed by atoms with Crippen LogP contribution in [0.1, 0.15) is 17.0 Å². The molecular weight excluding hydrogens is 234 g/mol. The van der Waals surface area contributed by atoms with Gasteiger partial charge in [-0.3, -0.25) is 4.79 Å². The fraction of sp³-hybridized carbons (Fsp3) is 0.0714. The molecule has 0 spiro atoms. The van der Waals surface area contributed by atoms with Crippen molar-refractivity contribution in [3.63, 3.8) is 0 Å². The molecule has 0 aliphatic heterocycles. The standard InChI is InChI=1S/C14H12ClNO/c15-12-8-6-11(7-9-12)13(14(16)17)10-4-2-1-3-5-10/h1-9,13H,(H2,16,17). The highest BCUT2D eigenvalue weighted by Crippen LogP contribution is 2.25. The number of rotatable bonds is 3. The summed E-state index contributed by atoms with van der Waals surface area (Å²) in [5.74, 6) is -0.785. The van der Waals surface area contributed by atoms with Crippen molar-refractivity contribution < 1.29 is 4.79 Å². The van der Waals surface area contributed by atoms with Crippen LogP contribution in [0.5, 0.6) is 0 Å². The molecule has 17 heavy (non-hydrogen) atoms. The molecule has 0 saturated carbocycles. The van der Waals surface area contributed by atoms with E-state index in [-0.39, 0.29) is 5.91 Å². The summed E-state index contributed by atoms with van der Waals surface area (Å²) < 4.78 is 0. The second-order valence-corrected chi connectivity index (χ2v) is 4.23. The van der Waals surface area contributed by atoms with E-state index in [1.165, 1.54) is 0 Å². The van der Waals surface area contributed by atoms with Crippen molar-refractivity contribution in [3.8, 4) is 0 Å². The molecule has 2 aromatic carbocycles. The number of halogens is 1. The van der Waals surface area contributed by atoms with Crippen LogP contribution in [-0.4, -0.2) is 5.91 Å². The molecule has 1 atom stereocenters. The lowest BCUT2D eigenvalue weighted by molar-refractivity contribution is -0.118. The van der Waals surface area contributed by atoms with E-state index in [1.54, 1.807) is 12.1 Å². The average Bonchev–Trinajstić information content (AvgIpc) is 2.33. The summed E-state index contributed by atoms with van der Waals surface area (Å²) in [6, 6.07) is 16.6. The van der Waals surface area contributed by atoms with E-state index in [2.05, 4.69) is 0 Å². The minimum atomic E-state index is -0.423. The van der Waals surface area contributed by atoms with Gasteiger partial charge in [-0.15, -0.1) is 0 Å². The maximum absolute atomic E-state index is 11.6. The van der Waals surface area contributed by atoms with Crippen LogP contribution in [0.2, 0.25) is 5.02 Å². The zero-order valence-electron chi connectivity index (χ0n) is 9.14. The number of carbonyl (C=O) groups excluding carboxylic acids is 1. The lowest BCUT2D eigenvalue weighted by Gasteiger charge is -2.14. The van der Waals surface area contributed by atoms with Gasteiger partial charge < -0.3 is 5.73 Å². The largest absolute Gasteiger partial charge is 0.369 e. The predicted octanol–water partition coefficient (Wildman–Crippen LogP) is 2.96. The highest BCUT2D eigenvalue weighted by molar-refractivity contribution is 6.30. The van der Waals surface area contributed by atoms with Gasteiger partial charge in [-0.05, 0) is 23.3 Å². The molecule has 1 unspecified atom stereocenters. The molecule has 0 fully saturated rings. The summed E-state index contributed by atoms with van der Waals surface area (Å²) in [4.78, 5) is 11.6. The maximum atomic E-state index is 11.6. The van der Waals surface area contributed by atoms with Crippen molar-refractivity contribution in [1.29, 1.82) is 0 Å². The minimum absolute atomic E-state index is 0.362. The lowest BCUT2D eigenvalue weighted by atomic mass is 9.91. The third-order valence-electron chi connectivity index (χ3n) is 2.62. The molecule has 0 aliphatic carbocycles. The number of carbonyl (C=O) groups is 1. The van der Waals surface area contributed by atoms with E-state index in [1.807, 2.05) is 42.5 Å². The fourth-order valence-electron chi connectivity index (χ4n) is 1.82. The van der Waals surface area contributed by atoms with Crippen LogP contribution in [0.4, 0.5) is 0 Å². The topological polar surface area (TPSA) is 43.1 Å². The predicted molar refractivity (Wildman–Crippen MR) is 68.9 cm³/mol.